The molecular weight excluding hydrogens is 268 g/mol. The largest absolute Gasteiger partial charge is 0.388 e. The normalized spacial score (nSPS) is 19.2. The van der Waals surface area contributed by atoms with Gasteiger partial charge in [-0.15, -0.1) is 0 Å². The number of fused-ring (bicyclic) bond motifs is 1. The average Bonchev–Trinajstić information content (AvgIpc) is 3.01. The van der Waals surface area contributed by atoms with Gasteiger partial charge in [0.2, 0.25) is 5.91 Å². The molecule has 2 aliphatic rings. The summed E-state index contributed by atoms with van der Waals surface area (Å²) < 4.78 is 0. The quantitative estimate of drug-likeness (QED) is 0.886. The Morgan fingerprint density at radius 3 is 2.81 bits per heavy atom. The molecule has 1 saturated carbocycles. The number of hydrogen-bond acceptors (Lipinski definition) is 3. The molecule has 1 fully saturated rings. The SMILES string of the molecule is CN(CC1(O)CCCC1)C(=O)c1ccc2c(c1)NC(=O)C2. The molecule has 2 N–H and O–H groups in total. The number of carbonyl (C=O) groups excluding carboxylic acids is 2. The highest BCUT2D eigenvalue weighted by atomic mass is 16.3. The number of amides is 2. The molecule has 1 aromatic carbocycles. The lowest BCUT2D eigenvalue weighted by Crippen LogP contribution is -2.42. The van der Waals surface area contributed by atoms with Gasteiger partial charge < -0.3 is 15.3 Å². The van der Waals surface area contributed by atoms with Gasteiger partial charge >= 0.3 is 0 Å². The molecule has 5 heteroatoms. The van der Waals surface area contributed by atoms with E-state index in [1.54, 1.807) is 24.1 Å². The van der Waals surface area contributed by atoms with E-state index in [0.717, 1.165) is 36.9 Å². The second-order valence-electron chi connectivity index (χ2n) is 6.19. The molecule has 3 rings (SSSR count). The lowest BCUT2D eigenvalue weighted by Gasteiger charge is -2.28. The summed E-state index contributed by atoms with van der Waals surface area (Å²) >= 11 is 0. The Labute approximate surface area is 123 Å². The van der Waals surface area contributed by atoms with Gasteiger partial charge in [-0.2, -0.15) is 0 Å². The number of nitrogens with zero attached hydrogens (tertiary/aromatic N) is 1. The van der Waals surface area contributed by atoms with E-state index >= 15 is 0 Å². The second-order valence-corrected chi connectivity index (χ2v) is 6.19. The third-order valence-electron chi connectivity index (χ3n) is 4.39. The van der Waals surface area contributed by atoms with Crippen LogP contribution >= 0.6 is 0 Å². The fourth-order valence-electron chi connectivity index (χ4n) is 3.27. The first-order valence-corrected chi connectivity index (χ1v) is 7.37. The summed E-state index contributed by atoms with van der Waals surface area (Å²) in [6.45, 7) is 0.356. The van der Waals surface area contributed by atoms with Crippen molar-refractivity contribution in [3.8, 4) is 0 Å². The number of aliphatic hydroxyl groups is 1. The molecular formula is C16H20N2O3. The Morgan fingerprint density at radius 1 is 1.38 bits per heavy atom. The number of carbonyl (C=O) groups is 2. The monoisotopic (exact) mass is 288 g/mol. The fraction of sp³-hybridized carbons (Fsp3) is 0.500. The maximum absolute atomic E-state index is 12.5. The summed E-state index contributed by atoms with van der Waals surface area (Å²) in [7, 11) is 1.71. The van der Waals surface area contributed by atoms with Crippen LogP contribution < -0.4 is 5.32 Å². The molecule has 0 unspecified atom stereocenters. The average molecular weight is 288 g/mol. The maximum Gasteiger partial charge on any atom is 0.253 e. The minimum absolute atomic E-state index is 0.0387. The zero-order chi connectivity index (χ0) is 15.0. The lowest BCUT2D eigenvalue weighted by atomic mass is 10.0. The first kappa shape index (κ1) is 14.1. The molecule has 0 radical (unpaired) electrons. The van der Waals surface area contributed by atoms with Crippen molar-refractivity contribution in [2.24, 2.45) is 0 Å². The van der Waals surface area contributed by atoms with Gasteiger partial charge in [-0.3, -0.25) is 9.59 Å². The Bertz CT molecular complexity index is 591. The highest BCUT2D eigenvalue weighted by Crippen LogP contribution is 2.30. The number of nitrogens with one attached hydrogen (secondary N) is 1. The van der Waals surface area contributed by atoms with E-state index in [2.05, 4.69) is 5.32 Å². The first-order chi connectivity index (χ1) is 9.97. The highest BCUT2D eigenvalue weighted by Gasteiger charge is 2.33. The van der Waals surface area contributed by atoms with Crippen molar-refractivity contribution in [1.29, 1.82) is 0 Å². The molecule has 112 valence electrons. The van der Waals surface area contributed by atoms with E-state index in [0.29, 0.717) is 18.5 Å². The van der Waals surface area contributed by atoms with E-state index < -0.39 is 5.60 Å². The fourth-order valence-corrected chi connectivity index (χ4v) is 3.27. The summed E-state index contributed by atoms with van der Waals surface area (Å²) in [6.07, 6.45) is 3.92. The van der Waals surface area contributed by atoms with Crippen LogP contribution in [0.4, 0.5) is 5.69 Å². The lowest BCUT2D eigenvalue weighted by molar-refractivity contribution is -0.115. The van der Waals surface area contributed by atoms with Crippen molar-refractivity contribution < 1.29 is 14.7 Å². The van der Waals surface area contributed by atoms with Crippen LogP contribution in [0, 0.1) is 0 Å². The molecule has 0 atom stereocenters. The third kappa shape index (κ3) is 2.78. The molecule has 0 spiro atoms. The number of benzene rings is 1. The minimum Gasteiger partial charge on any atom is -0.388 e. The van der Waals surface area contributed by atoms with Crippen molar-refractivity contribution in [1.82, 2.24) is 4.90 Å². The van der Waals surface area contributed by atoms with Gasteiger partial charge in [0.1, 0.15) is 0 Å². The van der Waals surface area contributed by atoms with Gasteiger partial charge in [-0.05, 0) is 30.5 Å². The van der Waals surface area contributed by atoms with Crippen LogP contribution in [-0.4, -0.2) is 41.0 Å². The van der Waals surface area contributed by atoms with Crippen molar-refractivity contribution in [3.63, 3.8) is 0 Å². The van der Waals surface area contributed by atoms with Crippen LogP contribution in [0.2, 0.25) is 0 Å². The molecule has 0 aromatic heterocycles. The van der Waals surface area contributed by atoms with Crippen molar-refractivity contribution >= 4 is 17.5 Å². The number of likely N-dealkylation sites (N-methyl/N-ethyl adjacent to an activating group) is 1. The van der Waals surface area contributed by atoms with Gasteiger partial charge in [0.05, 0.1) is 12.0 Å². The van der Waals surface area contributed by atoms with Crippen molar-refractivity contribution in [3.05, 3.63) is 29.3 Å². The summed E-state index contributed by atoms with van der Waals surface area (Å²) in [5.41, 5.74) is 1.45. The predicted octanol–water partition coefficient (Wildman–Crippen LogP) is 1.56. The van der Waals surface area contributed by atoms with E-state index in [1.807, 2.05) is 6.07 Å². The number of hydrogen-bond donors (Lipinski definition) is 2. The molecule has 1 aliphatic carbocycles. The molecule has 1 heterocycles. The Kier molecular flexibility index (Phi) is 3.45. The maximum atomic E-state index is 12.5. The standard InChI is InChI=1S/C16H20N2O3/c1-18(10-16(21)6-2-3-7-16)15(20)12-5-4-11-9-14(19)17-13(11)8-12/h4-5,8,21H,2-3,6-7,9-10H2,1H3,(H,17,19). The van der Waals surface area contributed by atoms with Crippen LogP contribution in [0.3, 0.4) is 0 Å². The summed E-state index contributed by atoms with van der Waals surface area (Å²) in [5, 5.41) is 13.1. The van der Waals surface area contributed by atoms with Crippen LogP contribution in [-0.2, 0) is 11.2 Å². The molecule has 2 amide bonds. The summed E-state index contributed by atoms with van der Waals surface area (Å²) in [6, 6.07) is 5.28. The van der Waals surface area contributed by atoms with Crippen molar-refractivity contribution in [2.45, 2.75) is 37.7 Å². The van der Waals surface area contributed by atoms with Crippen LogP contribution in [0.1, 0.15) is 41.6 Å². The number of rotatable bonds is 3. The molecule has 1 aromatic rings. The van der Waals surface area contributed by atoms with Gasteiger partial charge in [0, 0.05) is 24.8 Å². The first-order valence-electron chi connectivity index (χ1n) is 7.37. The van der Waals surface area contributed by atoms with Crippen LogP contribution in [0.15, 0.2) is 18.2 Å². The summed E-state index contributed by atoms with van der Waals surface area (Å²) in [4.78, 5) is 25.4. The molecule has 5 nitrogen and oxygen atoms in total. The highest BCUT2D eigenvalue weighted by molar-refractivity contribution is 6.02. The van der Waals surface area contributed by atoms with Gasteiger partial charge in [0.25, 0.3) is 5.91 Å². The molecule has 0 saturated heterocycles. The van der Waals surface area contributed by atoms with E-state index in [4.69, 9.17) is 0 Å². The number of anilines is 1. The smallest absolute Gasteiger partial charge is 0.253 e. The molecule has 21 heavy (non-hydrogen) atoms. The third-order valence-corrected chi connectivity index (χ3v) is 4.39. The van der Waals surface area contributed by atoms with Gasteiger partial charge in [0.15, 0.2) is 0 Å². The van der Waals surface area contributed by atoms with E-state index in [-0.39, 0.29) is 11.8 Å². The van der Waals surface area contributed by atoms with E-state index in [1.165, 1.54) is 0 Å². The molecule has 1 aliphatic heterocycles. The zero-order valence-electron chi connectivity index (χ0n) is 12.2. The van der Waals surface area contributed by atoms with Crippen LogP contribution in [0.25, 0.3) is 0 Å². The van der Waals surface area contributed by atoms with Crippen molar-refractivity contribution in [2.75, 3.05) is 18.9 Å². The molecule has 0 bridgehead atoms. The topological polar surface area (TPSA) is 69.6 Å². The van der Waals surface area contributed by atoms with Gasteiger partial charge in [-0.25, -0.2) is 0 Å². The van der Waals surface area contributed by atoms with E-state index in [9.17, 15) is 14.7 Å². The zero-order valence-corrected chi connectivity index (χ0v) is 12.2. The minimum atomic E-state index is -0.741. The predicted molar refractivity (Wildman–Crippen MR) is 79.2 cm³/mol. The second kappa shape index (κ2) is 5.15. The Morgan fingerprint density at radius 2 is 2.10 bits per heavy atom. The summed E-state index contributed by atoms with van der Waals surface area (Å²) in [5.74, 6) is -0.164. The van der Waals surface area contributed by atoms with Gasteiger partial charge in [-0.1, -0.05) is 18.9 Å². The Hall–Kier alpha value is -1.88. The van der Waals surface area contributed by atoms with Crippen LogP contribution in [0.5, 0.6) is 0 Å². The Balaban J connectivity index is 1.73.